The van der Waals surface area contributed by atoms with Crippen molar-refractivity contribution in [2.24, 2.45) is 0 Å². The Kier molecular flexibility index (Phi) is 6.49. The zero-order valence-electron chi connectivity index (χ0n) is 8.61. The molecular formula is C9H16Cl2O2Si. The van der Waals surface area contributed by atoms with Gasteiger partial charge in [0.2, 0.25) is 0 Å². The Morgan fingerprint density at radius 2 is 2.07 bits per heavy atom. The van der Waals surface area contributed by atoms with Crippen LogP contribution in [-0.2, 0) is 9.53 Å². The van der Waals surface area contributed by atoms with E-state index in [1.165, 1.54) is 0 Å². The first-order chi connectivity index (χ1) is 6.33. The predicted octanol–water partition coefficient (Wildman–Crippen LogP) is 1.77. The zero-order valence-corrected chi connectivity index (χ0v) is 12.1. The Morgan fingerprint density at radius 3 is 2.50 bits per heavy atom. The molecule has 0 rings (SSSR count). The van der Waals surface area contributed by atoms with E-state index in [-0.39, 0.29) is 5.97 Å². The van der Waals surface area contributed by atoms with Crippen LogP contribution in [0.5, 0.6) is 0 Å². The van der Waals surface area contributed by atoms with E-state index in [1.54, 1.807) is 6.92 Å². The molecule has 0 aliphatic carbocycles. The standard InChI is InChI=1S/C9H16Cl2O2Si/c1-7(2)8(12)13-6-4-3-5-9(10,11)14/h1,3-6H2,2,14H3. The van der Waals surface area contributed by atoms with Gasteiger partial charge in [0.05, 0.1) is 10.6 Å². The minimum absolute atomic E-state index is 0.334. The molecule has 0 spiro atoms. The molecule has 0 saturated heterocycles. The van der Waals surface area contributed by atoms with Crippen molar-refractivity contribution < 1.29 is 9.53 Å². The second kappa shape index (κ2) is 6.48. The minimum atomic E-state index is -0.543. The van der Waals surface area contributed by atoms with Crippen molar-refractivity contribution in [3.8, 4) is 0 Å². The molecule has 0 heterocycles. The van der Waals surface area contributed by atoms with Crippen molar-refractivity contribution in [3.05, 3.63) is 12.2 Å². The van der Waals surface area contributed by atoms with Crippen molar-refractivity contribution in [1.82, 2.24) is 0 Å². The van der Waals surface area contributed by atoms with Gasteiger partial charge < -0.3 is 4.74 Å². The maximum absolute atomic E-state index is 10.9. The average molecular weight is 255 g/mol. The molecule has 0 fully saturated rings. The lowest BCUT2D eigenvalue weighted by atomic mass is 10.2. The van der Waals surface area contributed by atoms with Gasteiger partial charge in [0, 0.05) is 15.8 Å². The van der Waals surface area contributed by atoms with Crippen molar-refractivity contribution >= 4 is 39.4 Å². The van der Waals surface area contributed by atoms with Gasteiger partial charge in [-0.3, -0.25) is 0 Å². The third kappa shape index (κ3) is 8.60. The molecule has 0 amide bonds. The summed E-state index contributed by atoms with van der Waals surface area (Å²) in [5.41, 5.74) is 0.428. The smallest absolute Gasteiger partial charge is 0.333 e. The van der Waals surface area contributed by atoms with Crippen LogP contribution in [0.2, 0.25) is 0 Å². The van der Waals surface area contributed by atoms with Gasteiger partial charge in [0.15, 0.2) is 0 Å². The van der Waals surface area contributed by atoms with Crippen LogP contribution in [-0.4, -0.2) is 26.8 Å². The number of ether oxygens (including phenoxy) is 1. The summed E-state index contributed by atoms with van der Waals surface area (Å²) in [5, 5.41) is 0. The SMILES string of the molecule is C=C(C)C(=O)OCCCCC([SiH3])(Cl)Cl. The predicted molar refractivity (Wildman–Crippen MR) is 64.0 cm³/mol. The van der Waals surface area contributed by atoms with E-state index in [2.05, 4.69) is 6.58 Å². The Bertz CT molecular complexity index is 211. The summed E-state index contributed by atoms with van der Waals surface area (Å²) >= 11 is 11.7. The van der Waals surface area contributed by atoms with E-state index < -0.39 is 3.96 Å². The zero-order chi connectivity index (χ0) is 11.2. The van der Waals surface area contributed by atoms with E-state index in [9.17, 15) is 4.79 Å². The van der Waals surface area contributed by atoms with Crippen LogP contribution in [0.1, 0.15) is 26.2 Å². The second-order valence-electron chi connectivity index (χ2n) is 3.44. The second-order valence-corrected chi connectivity index (χ2v) is 8.28. The first-order valence-corrected chi connectivity index (χ1v) is 6.29. The van der Waals surface area contributed by atoms with Crippen LogP contribution in [0.15, 0.2) is 12.2 Å². The molecule has 0 bridgehead atoms. The fraction of sp³-hybridized carbons (Fsp3) is 0.667. The molecular weight excluding hydrogens is 239 g/mol. The van der Waals surface area contributed by atoms with E-state index in [4.69, 9.17) is 27.9 Å². The number of unbranched alkanes of at least 4 members (excludes halogenated alkanes) is 1. The number of carbonyl (C=O) groups is 1. The molecule has 0 aromatic carbocycles. The van der Waals surface area contributed by atoms with Crippen molar-refractivity contribution in [3.63, 3.8) is 0 Å². The lowest BCUT2D eigenvalue weighted by molar-refractivity contribution is -0.139. The molecule has 0 N–H and O–H groups in total. The highest BCUT2D eigenvalue weighted by atomic mass is 35.5. The molecule has 0 aliphatic heterocycles. The Hall–Kier alpha value is 0.00688. The summed E-state index contributed by atoms with van der Waals surface area (Å²) < 4.78 is 4.36. The minimum Gasteiger partial charge on any atom is -0.462 e. The van der Waals surface area contributed by atoms with Crippen LogP contribution in [0.4, 0.5) is 0 Å². The maximum atomic E-state index is 10.9. The van der Waals surface area contributed by atoms with Gasteiger partial charge in [-0.2, -0.15) is 0 Å². The number of hydrogen-bond donors (Lipinski definition) is 0. The van der Waals surface area contributed by atoms with Crippen LogP contribution < -0.4 is 0 Å². The van der Waals surface area contributed by atoms with Gasteiger partial charge >= 0.3 is 5.97 Å². The molecule has 2 nitrogen and oxygen atoms in total. The number of rotatable bonds is 6. The largest absolute Gasteiger partial charge is 0.462 e. The van der Waals surface area contributed by atoms with Crippen molar-refractivity contribution in [2.75, 3.05) is 6.61 Å². The van der Waals surface area contributed by atoms with Gasteiger partial charge in [-0.1, -0.05) is 6.58 Å². The molecule has 14 heavy (non-hydrogen) atoms. The first-order valence-electron chi connectivity index (χ1n) is 4.53. The molecule has 5 heteroatoms. The molecule has 0 aromatic rings. The van der Waals surface area contributed by atoms with Gasteiger partial charge in [-0.15, -0.1) is 23.2 Å². The number of hydrogen-bond acceptors (Lipinski definition) is 2. The molecule has 82 valence electrons. The fourth-order valence-corrected chi connectivity index (χ4v) is 1.45. The van der Waals surface area contributed by atoms with Crippen LogP contribution in [0, 0.1) is 0 Å². The highest BCUT2D eigenvalue weighted by Gasteiger charge is 2.14. The molecule has 0 aliphatic rings. The highest BCUT2D eigenvalue weighted by Crippen LogP contribution is 2.22. The third-order valence-corrected chi connectivity index (χ3v) is 2.47. The van der Waals surface area contributed by atoms with Crippen LogP contribution in [0.25, 0.3) is 0 Å². The fourth-order valence-electron chi connectivity index (χ4n) is 0.826. The normalized spacial score (nSPS) is 11.4. The van der Waals surface area contributed by atoms with Crippen molar-refractivity contribution in [1.29, 1.82) is 0 Å². The highest BCUT2D eigenvalue weighted by molar-refractivity contribution is 6.65. The molecule has 0 saturated carbocycles. The number of carbonyl (C=O) groups excluding carboxylic acids is 1. The Morgan fingerprint density at radius 1 is 1.50 bits per heavy atom. The summed E-state index contributed by atoms with van der Waals surface area (Å²) in [6, 6.07) is 0. The Labute approximate surface area is 98.0 Å². The van der Waals surface area contributed by atoms with E-state index >= 15 is 0 Å². The summed E-state index contributed by atoms with van der Waals surface area (Å²) in [4.78, 5) is 10.9. The monoisotopic (exact) mass is 254 g/mol. The lowest BCUT2D eigenvalue weighted by Gasteiger charge is -2.12. The number of esters is 1. The van der Waals surface area contributed by atoms with Gasteiger partial charge in [-0.25, -0.2) is 4.79 Å². The van der Waals surface area contributed by atoms with Crippen LogP contribution >= 0.6 is 23.2 Å². The summed E-state index contributed by atoms with van der Waals surface area (Å²) in [6.45, 7) is 5.52. The third-order valence-electron chi connectivity index (χ3n) is 1.59. The van der Waals surface area contributed by atoms with E-state index in [0.717, 1.165) is 29.5 Å². The van der Waals surface area contributed by atoms with E-state index in [1.807, 2.05) is 0 Å². The van der Waals surface area contributed by atoms with Crippen molar-refractivity contribution in [2.45, 2.75) is 30.1 Å². The number of halogens is 2. The molecule has 0 unspecified atom stereocenters. The van der Waals surface area contributed by atoms with Gasteiger partial charge in [0.1, 0.15) is 0 Å². The van der Waals surface area contributed by atoms with E-state index in [0.29, 0.717) is 12.2 Å². The number of alkyl halides is 2. The van der Waals surface area contributed by atoms with Gasteiger partial charge in [0.25, 0.3) is 0 Å². The first kappa shape index (κ1) is 14.0. The van der Waals surface area contributed by atoms with Gasteiger partial charge in [-0.05, 0) is 26.2 Å². The quantitative estimate of drug-likeness (QED) is 0.238. The van der Waals surface area contributed by atoms with Crippen LogP contribution in [0.3, 0.4) is 0 Å². The summed E-state index contributed by atoms with van der Waals surface area (Å²) in [5.74, 6) is -0.334. The molecule has 0 aromatic heterocycles. The molecule has 0 atom stereocenters. The summed E-state index contributed by atoms with van der Waals surface area (Å²) in [7, 11) is 0.749. The summed E-state index contributed by atoms with van der Waals surface area (Å²) in [6.07, 6.45) is 2.43. The Balaban J connectivity index is 3.39. The average Bonchev–Trinajstić information content (AvgIpc) is 2.01. The topological polar surface area (TPSA) is 26.3 Å². The molecule has 0 radical (unpaired) electrons. The maximum Gasteiger partial charge on any atom is 0.333 e. The lowest BCUT2D eigenvalue weighted by Crippen LogP contribution is -2.12.